The third-order valence-electron chi connectivity index (χ3n) is 3.61. The van der Waals surface area contributed by atoms with E-state index in [1.165, 1.54) is 0 Å². The summed E-state index contributed by atoms with van der Waals surface area (Å²) in [4.78, 5) is 16.6. The normalized spacial score (nSPS) is 11.6. The number of benzene rings is 2. The zero-order valence-corrected chi connectivity index (χ0v) is 13.5. The number of hydrogen-bond acceptors (Lipinski definition) is 4. The number of rotatable bonds is 6. The number of carbonyl (C=O) groups excluding carboxylic acids is 1. The summed E-state index contributed by atoms with van der Waals surface area (Å²) in [5, 5.41) is 12.9. The van der Waals surface area contributed by atoms with Crippen LogP contribution in [0.15, 0.2) is 79.0 Å². The number of aliphatic hydroxyl groups excluding tert-OH is 1. The third-order valence-corrected chi connectivity index (χ3v) is 3.61. The topological polar surface area (TPSA) is 71.5 Å². The molecule has 0 aliphatic rings. The Morgan fingerprint density at radius 2 is 1.68 bits per heavy atom. The molecule has 3 aromatic rings. The minimum Gasteiger partial charge on any atom is -0.438 e. The van der Waals surface area contributed by atoms with Crippen LogP contribution in [0.5, 0.6) is 11.6 Å². The Balaban J connectivity index is 1.68. The highest BCUT2D eigenvalue weighted by atomic mass is 16.5. The second-order valence-electron chi connectivity index (χ2n) is 5.41. The Kier molecular flexibility index (Phi) is 5.39. The molecule has 3 rings (SSSR count). The molecular weight excluding hydrogens is 316 g/mol. The molecule has 2 aromatic carbocycles. The second kappa shape index (κ2) is 8.08. The van der Waals surface area contributed by atoms with Gasteiger partial charge in [0, 0.05) is 12.7 Å². The van der Waals surface area contributed by atoms with Gasteiger partial charge >= 0.3 is 0 Å². The van der Waals surface area contributed by atoms with Crippen molar-refractivity contribution in [3.8, 4) is 11.6 Å². The molecule has 1 amide bonds. The van der Waals surface area contributed by atoms with Crippen molar-refractivity contribution in [2.24, 2.45) is 0 Å². The first-order valence-corrected chi connectivity index (χ1v) is 7.93. The Labute approximate surface area is 145 Å². The maximum Gasteiger partial charge on any atom is 0.256 e. The average Bonchev–Trinajstić information content (AvgIpc) is 2.68. The molecule has 1 atom stereocenters. The standard InChI is InChI=1S/C20H18N2O3/c23-18(15-8-3-1-4-9-15)14-22-19(24)17-12-7-13-21-20(17)25-16-10-5-2-6-11-16/h1-13,18,23H,14H2,(H,22,24). The van der Waals surface area contributed by atoms with Crippen molar-refractivity contribution in [1.82, 2.24) is 10.3 Å². The van der Waals surface area contributed by atoms with E-state index >= 15 is 0 Å². The van der Waals surface area contributed by atoms with Gasteiger partial charge in [0.15, 0.2) is 0 Å². The molecule has 0 saturated carbocycles. The molecule has 5 nitrogen and oxygen atoms in total. The molecule has 5 heteroatoms. The van der Waals surface area contributed by atoms with Crippen LogP contribution in [0.2, 0.25) is 0 Å². The van der Waals surface area contributed by atoms with E-state index in [1.807, 2.05) is 48.5 Å². The lowest BCUT2D eigenvalue weighted by Crippen LogP contribution is -2.28. The predicted octanol–water partition coefficient (Wildman–Crippen LogP) is 3.34. The van der Waals surface area contributed by atoms with E-state index in [0.717, 1.165) is 5.56 Å². The summed E-state index contributed by atoms with van der Waals surface area (Å²) in [6.07, 6.45) is 0.786. The summed E-state index contributed by atoms with van der Waals surface area (Å²) < 4.78 is 5.69. The fourth-order valence-electron chi connectivity index (χ4n) is 2.32. The Hall–Kier alpha value is -3.18. The summed E-state index contributed by atoms with van der Waals surface area (Å²) >= 11 is 0. The van der Waals surface area contributed by atoms with Crippen LogP contribution in [0.25, 0.3) is 0 Å². The molecule has 0 aliphatic heterocycles. The van der Waals surface area contributed by atoms with E-state index in [2.05, 4.69) is 10.3 Å². The summed E-state index contributed by atoms with van der Waals surface area (Å²) in [5.74, 6) is 0.467. The maximum absolute atomic E-state index is 12.4. The molecule has 0 bridgehead atoms. The summed E-state index contributed by atoms with van der Waals surface area (Å²) in [6, 6.07) is 21.6. The van der Waals surface area contributed by atoms with Crippen molar-refractivity contribution in [3.63, 3.8) is 0 Å². The minimum atomic E-state index is -0.777. The van der Waals surface area contributed by atoms with E-state index in [1.54, 1.807) is 30.5 Å². The van der Waals surface area contributed by atoms with Crippen LogP contribution in [0.4, 0.5) is 0 Å². The molecule has 1 heterocycles. The van der Waals surface area contributed by atoms with Gasteiger partial charge in [0.25, 0.3) is 5.91 Å². The van der Waals surface area contributed by atoms with Gasteiger partial charge in [-0.05, 0) is 29.8 Å². The van der Waals surface area contributed by atoms with Gasteiger partial charge in [0.05, 0.1) is 6.10 Å². The van der Waals surface area contributed by atoms with E-state index < -0.39 is 6.10 Å². The molecule has 1 aromatic heterocycles. The lowest BCUT2D eigenvalue weighted by Gasteiger charge is -2.13. The summed E-state index contributed by atoms with van der Waals surface area (Å²) in [6.45, 7) is 0.0997. The van der Waals surface area contributed by atoms with Crippen LogP contribution < -0.4 is 10.1 Å². The van der Waals surface area contributed by atoms with Crippen molar-refractivity contribution in [1.29, 1.82) is 0 Å². The zero-order chi connectivity index (χ0) is 17.5. The van der Waals surface area contributed by atoms with Crippen LogP contribution in [0.3, 0.4) is 0 Å². The second-order valence-corrected chi connectivity index (χ2v) is 5.41. The first-order chi connectivity index (χ1) is 12.2. The van der Waals surface area contributed by atoms with E-state index in [-0.39, 0.29) is 18.3 Å². The molecule has 25 heavy (non-hydrogen) atoms. The highest BCUT2D eigenvalue weighted by molar-refractivity contribution is 5.96. The van der Waals surface area contributed by atoms with Gasteiger partial charge in [-0.15, -0.1) is 0 Å². The van der Waals surface area contributed by atoms with Gasteiger partial charge in [-0.2, -0.15) is 0 Å². The minimum absolute atomic E-state index is 0.0997. The van der Waals surface area contributed by atoms with Crippen molar-refractivity contribution >= 4 is 5.91 Å². The van der Waals surface area contributed by atoms with Gasteiger partial charge in [-0.3, -0.25) is 4.79 Å². The third kappa shape index (κ3) is 4.43. The monoisotopic (exact) mass is 334 g/mol. The van der Waals surface area contributed by atoms with Gasteiger partial charge in [-0.1, -0.05) is 48.5 Å². The number of aromatic nitrogens is 1. The number of amides is 1. The molecule has 2 N–H and O–H groups in total. The van der Waals surface area contributed by atoms with Crippen molar-refractivity contribution in [2.75, 3.05) is 6.54 Å². The molecule has 0 saturated heterocycles. The van der Waals surface area contributed by atoms with E-state index in [9.17, 15) is 9.90 Å². The lowest BCUT2D eigenvalue weighted by atomic mass is 10.1. The number of ether oxygens (including phenoxy) is 1. The van der Waals surface area contributed by atoms with E-state index in [4.69, 9.17) is 4.74 Å². The number of hydrogen-bond donors (Lipinski definition) is 2. The molecular formula is C20H18N2O3. The Morgan fingerprint density at radius 3 is 2.40 bits per heavy atom. The Bertz CT molecular complexity index is 823. The lowest BCUT2D eigenvalue weighted by molar-refractivity contribution is 0.0913. The number of carbonyl (C=O) groups is 1. The van der Waals surface area contributed by atoms with Gasteiger partial charge < -0.3 is 15.2 Å². The van der Waals surface area contributed by atoms with Crippen LogP contribution in [0, 0.1) is 0 Å². The molecule has 0 aliphatic carbocycles. The largest absolute Gasteiger partial charge is 0.438 e. The van der Waals surface area contributed by atoms with Crippen molar-refractivity contribution < 1.29 is 14.6 Å². The van der Waals surface area contributed by atoms with Gasteiger partial charge in [0.2, 0.25) is 5.88 Å². The highest BCUT2D eigenvalue weighted by Gasteiger charge is 2.16. The number of pyridine rings is 1. The van der Waals surface area contributed by atoms with Crippen LogP contribution in [-0.2, 0) is 0 Å². The van der Waals surface area contributed by atoms with Crippen LogP contribution in [-0.4, -0.2) is 22.5 Å². The number of nitrogens with one attached hydrogen (secondary N) is 1. The quantitative estimate of drug-likeness (QED) is 0.725. The fourth-order valence-corrected chi connectivity index (χ4v) is 2.32. The van der Waals surface area contributed by atoms with Crippen molar-refractivity contribution in [2.45, 2.75) is 6.10 Å². The first kappa shape index (κ1) is 16.7. The van der Waals surface area contributed by atoms with Crippen molar-refractivity contribution in [3.05, 3.63) is 90.1 Å². The molecule has 0 radical (unpaired) electrons. The molecule has 0 fully saturated rings. The summed E-state index contributed by atoms with van der Waals surface area (Å²) in [5.41, 5.74) is 1.06. The summed E-state index contributed by atoms with van der Waals surface area (Å²) in [7, 11) is 0. The first-order valence-electron chi connectivity index (χ1n) is 7.93. The molecule has 126 valence electrons. The average molecular weight is 334 g/mol. The molecule has 0 spiro atoms. The zero-order valence-electron chi connectivity index (χ0n) is 13.5. The fraction of sp³-hybridized carbons (Fsp3) is 0.100. The SMILES string of the molecule is O=C(NCC(O)c1ccccc1)c1cccnc1Oc1ccccc1. The van der Waals surface area contributed by atoms with E-state index in [0.29, 0.717) is 11.3 Å². The Morgan fingerprint density at radius 1 is 1.00 bits per heavy atom. The number of aliphatic hydroxyl groups is 1. The van der Waals surface area contributed by atoms with Gasteiger partial charge in [-0.25, -0.2) is 4.98 Å². The smallest absolute Gasteiger partial charge is 0.256 e. The number of nitrogens with zero attached hydrogens (tertiary/aromatic N) is 1. The maximum atomic E-state index is 12.4. The predicted molar refractivity (Wildman–Crippen MR) is 94.5 cm³/mol. The number of para-hydroxylation sites is 1. The molecule has 1 unspecified atom stereocenters. The highest BCUT2D eigenvalue weighted by Crippen LogP contribution is 2.22. The van der Waals surface area contributed by atoms with Crippen LogP contribution >= 0.6 is 0 Å². The van der Waals surface area contributed by atoms with Crippen LogP contribution in [0.1, 0.15) is 22.0 Å². The van der Waals surface area contributed by atoms with Gasteiger partial charge in [0.1, 0.15) is 11.3 Å².